The third-order valence-electron chi connectivity index (χ3n) is 2.36. The van der Waals surface area contributed by atoms with E-state index in [9.17, 15) is 10.2 Å². The van der Waals surface area contributed by atoms with Crippen molar-refractivity contribution in [2.24, 2.45) is 7.05 Å². The quantitative estimate of drug-likeness (QED) is 0.487. The Labute approximate surface area is 81.9 Å². The number of hydrogen-bond acceptors (Lipinski definition) is 2. The molecule has 0 saturated carbocycles. The fourth-order valence-electron chi connectivity index (χ4n) is 1.57. The van der Waals surface area contributed by atoms with Crippen LogP contribution in [0.4, 0.5) is 0 Å². The van der Waals surface area contributed by atoms with Crippen LogP contribution >= 0.6 is 0 Å². The number of aryl methyl sites for hydroxylation is 2. The summed E-state index contributed by atoms with van der Waals surface area (Å²) >= 11 is 0. The molecule has 0 unspecified atom stereocenters. The van der Waals surface area contributed by atoms with Gasteiger partial charge < -0.3 is 10.2 Å². The Morgan fingerprint density at radius 2 is 1.93 bits per heavy atom. The Morgan fingerprint density at radius 1 is 1.21 bits per heavy atom. The van der Waals surface area contributed by atoms with Crippen LogP contribution in [0.3, 0.4) is 0 Å². The van der Waals surface area contributed by atoms with Crippen LogP contribution in [-0.2, 0) is 7.05 Å². The molecule has 1 heterocycles. The molecule has 0 fully saturated rings. The van der Waals surface area contributed by atoms with E-state index in [0.717, 1.165) is 5.39 Å². The van der Waals surface area contributed by atoms with Crippen molar-refractivity contribution >= 4 is 10.8 Å². The molecule has 2 N–H and O–H groups in total. The molecular weight excluding hydrogens is 178 g/mol. The van der Waals surface area contributed by atoms with Crippen molar-refractivity contribution in [3.05, 3.63) is 30.1 Å². The summed E-state index contributed by atoms with van der Waals surface area (Å²) < 4.78 is 1.90. The van der Waals surface area contributed by atoms with Crippen molar-refractivity contribution in [3.8, 4) is 11.5 Å². The van der Waals surface area contributed by atoms with Gasteiger partial charge in [0.2, 0.25) is 0 Å². The van der Waals surface area contributed by atoms with Crippen LogP contribution in [-0.4, -0.2) is 10.2 Å². The topological polar surface area (TPSA) is 44.3 Å². The Balaban J connectivity index is 2.91. The summed E-state index contributed by atoms with van der Waals surface area (Å²) in [7, 11) is 1.92. The van der Waals surface area contributed by atoms with Gasteiger partial charge in [-0.3, -0.25) is 0 Å². The van der Waals surface area contributed by atoms with Crippen LogP contribution in [0.15, 0.2) is 24.5 Å². The third kappa shape index (κ3) is 1.18. The van der Waals surface area contributed by atoms with E-state index >= 15 is 0 Å². The molecule has 0 atom stereocenters. The smallest absolute Gasteiger partial charge is 0.176 e. The molecule has 0 aliphatic rings. The van der Waals surface area contributed by atoms with Gasteiger partial charge in [-0.15, -0.1) is 0 Å². The standard InChI is InChI=1S/C11H11NO2/c1-7-5-8-6-12(2)4-3-9(8)11(14)10(7)13/h3-6,14H,1-2H3/p+1. The lowest BCUT2D eigenvalue weighted by Gasteiger charge is -2.04. The lowest BCUT2D eigenvalue weighted by atomic mass is 10.1. The van der Waals surface area contributed by atoms with E-state index in [1.54, 1.807) is 13.0 Å². The minimum absolute atomic E-state index is 0.0358. The first-order chi connectivity index (χ1) is 6.59. The first-order valence-corrected chi connectivity index (χ1v) is 4.40. The second-order valence-corrected chi connectivity index (χ2v) is 3.50. The van der Waals surface area contributed by atoms with Gasteiger partial charge in [-0.2, -0.15) is 0 Å². The second-order valence-electron chi connectivity index (χ2n) is 3.50. The average molecular weight is 190 g/mol. The zero-order chi connectivity index (χ0) is 10.3. The van der Waals surface area contributed by atoms with Gasteiger partial charge in [0.15, 0.2) is 23.9 Å². The molecule has 1 aromatic heterocycles. The fourth-order valence-corrected chi connectivity index (χ4v) is 1.57. The van der Waals surface area contributed by atoms with E-state index in [4.69, 9.17) is 0 Å². The zero-order valence-corrected chi connectivity index (χ0v) is 8.15. The number of nitrogens with zero attached hydrogens (tertiary/aromatic N) is 1. The maximum Gasteiger partial charge on any atom is 0.176 e. The van der Waals surface area contributed by atoms with Crippen molar-refractivity contribution in [1.82, 2.24) is 0 Å². The van der Waals surface area contributed by atoms with E-state index in [0.29, 0.717) is 10.9 Å². The van der Waals surface area contributed by atoms with E-state index in [1.807, 2.05) is 30.1 Å². The largest absolute Gasteiger partial charge is 0.504 e. The minimum atomic E-state index is -0.0411. The molecule has 14 heavy (non-hydrogen) atoms. The van der Waals surface area contributed by atoms with Crippen molar-refractivity contribution in [2.45, 2.75) is 6.92 Å². The molecule has 72 valence electrons. The third-order valence-corrected chi connectivity index (χ3v) is 2.36. The number of benzene rings is 1. The van der Waals surface area contributed by atoms with Crippen molar-refractivity contribution in [2.75, 3.05) is 0 Å². The number of phenolic OH excluding ortho intramolecular Hbond substituents is 2. The summed E-state index contributed by atoms with van der Waals surface area (Å²) in [5.41, 5.74) is 0.682. The molecule has 2 aromatic rings. The number of rotatable bonds is 0. The van der Waals surface area contributed by atoms with Crippen molar-refractivity contribution in [3.63, 3.8) is 0 Å². The molecule has 0 spiro atoms. The van der Waals surface area contributed by atoms with E-state index in [2.05, 4.69) is 0 Å². The maximum atomic E-state index is 9.67. The molecule has 0 saturated heterocycles. The van der Waals surface area contributed by atoms with E-state index in [1.165, 1.54) is 0 Å². The average Bonchev–Trinajstić information content (AvgIpc) is 2.14. The van der Waals surface area contributed by atoms with Crippen LogP contribution in [0, 0.1) is 6.92 Å². The number of phenols is 2. The van der Waals surface area contributed by atoms with Gasteiger partial charge in [-0.25, -0.2) is 4.57 Å². The van der Waals surface area contributed by atoms with Gasteiger partial charge in [0, 0.05) is 16.8 Å². The molecule has 2 rings (SSSR count). The number of aromatic nitrogens is 1. The lowest BCUT2D eigenvalue weighted by Crippen LogP contribution is -2.25. The highest BCUT2D eigenvalue weighted by molar-refractivity contribution is 5.90. The maximum absolute atomic E-state index is 9.67. The number of hydrogen-bond donors (Lipinski definition) is 2. The number of aromatic hydroxyl groups is 2. The van der Waals surface area contributed by atoms with Crippen LogP contribution < -0.4 is 4.57 Å². The lowest BCUT2D eigenvalue weighted by molar-refractivity contribution is -0.670. The van der Waals surface area contributed by atoms with Gasteiger partial charge in [0.25, 0.3) is 0 Å². The SMILES string of the molecule is Cc1cc2c[n+](C)ccc2c(O)c1O. The summed E-state index contributed by atoms with van der Waals surface area (Å²) in [5, 5.41) is 20.8. The number of pyridine rings is 1. The molecule has 0 radical (unpaired) electrons. The Bertz CT molecular complexity index is 506. The predicted molar refractivity (Wildman–Crippen MR) is 53.2 cm³/mol. The highest BCUT2D eigenvalue weighted by Crippen LogP contribution is 2.35. The minimum Gasteiger partial charge on any atom is -0.504 e. The van der Waals surface area contributed by atoms with Gasteiger partial charge in [-0.1, -0.05) is 0 Å². The second kappa shape index (κ2) is 2.87. The van der Waals surface area contributed by atoms with Gasteiger partial charge >= 0.3 is 0 Å². The molecule has 3 nitrogen and oxygen atoms in total. The van der Waals surface area contributed by atoms with Crippen LogP contribution in [0.5, 0.6) is 11.5 Å². The molecule has 0 aliphatic carbocycles. The first kappa shape index (κ1) is 8.81. The highest BCUT2D eigenvalue weighted by atomic mass is 16.3. The van der Waals surface area contributed by atoms with Gasteiger partial charge in [-0.05, 0) is 18.6 Å². The molecule has 0 bridgehead atoms. The van der Waals surface area contributed by atoms with Crippen molar-refractivity contribution < 1.29 is 14.8 Å². The molecule has 1 aromatic carbocycles. The van der Waals surface area contributed by atoms with E-state index < -0.39 is 0 Å². The van der Waals surface area contributed by atoms with Crippen LogP contribution in [0.1, 0.15) is 5.56 Å². The van der Waals surface area contributed by atoms with Gasteiger partial charge in [0.05, 0.1) is 0 Å². The summed E-state index contributed by atoms with van der Waals surface area (Å²) in [4.78, 5) is 0. The van der Waals surface area contributed by atoms with E-state index in [-0.39, 0.29) is 11.5 Å². The summed E-state index contributed by atoms with van der Waals surface area (Å²) in [6, 6.07) is 3.63. The monoisotopic (exact) mass is 190 g/mol. The Kier molecular flexibility index (Phi) is 1.81. The van der Waals surface area contributed by atoms with Gasteiger partial charge in [0.1, 0.15) is 7.05 Å². The summed E-state index contributed by atoms with van der Waals surface area (Å²) in [6.07, 6.45) is 3.73. The number of fused-ring (bicyclic) bond motifs is 1. The molecule has 0 aliphatic heterocycles. The Morgan fingerprint density at radius 3 is 2.64 bits per heavy atom. The Hall–Kier alpha value is -1.77. The van der Waals surface area contributed by atoms with Crippen LogP contribution in [0.2, 0.25) is 0 Å². The first-order valence-electron chi connectivity index (χ1n) is 4.40. The zero-order valence-electron chi connectivity index (χ0n) is 8.15. The van der Waals surface area contributed by atoms with Crippen molar-refractivity contribution in [1.29, 1.82) is 0 Å². The fraction of sp³-hybridized carbons (Fsp3) is 0.182. The molecular formula is C11H12NO2+. The molecule has 0 amide bonds. The normalized spacial score (nSPS) is 10.7. The van der Waals surface area contributed by atoms with Crippen LogP contribution in [0.25, 0.3) is 10.8 Å². The summed E-state index contributed by atoms with van der Waals surface area (Å²) in [5.74, 6) is -0.0769. The molecule has 3 heteroatoms. The highest BCUT2D eigenvalue weighted by Gasteiger charge is 2.10. The summed E-state index contributed by atoms with van der Waals surface area (Å²) in [6.45, 7) is 1.77. The predicted octanol–water partition coefficient (Wildman–Crippen LogP) is 1.38.